The number of carbonyl (C=O) groups is 1. The Kier molecular flexibility index (Phi) is 4.52. The van der Waals surface area contributed by atoms with Gasteiger partial charge in [-0.05, 0) is 19.7 Å². The molecule has 1 atom stereocenters. The van der Waals surface area contributed by atoms with Crippen molar-refractivity contribution in [2.24, 2.45) is 0 Å². The van der Waals surface area contributed by atoms with E-state index < -0.39 is 0 Å². The summed E-state index contributed by atoms with van der Waals surface area (Å²) in [4.78, 5) is 21.7. The third kappa shape index (κ3) is 3.65. The molecule has 0 saturated carbocycles. The fraction of sp³-hybridized carbons (Fsp3) is 0.353. The van der Waals surface area contributed by atoms with Gasteiger partial charge in [0.1, 0.15) is 18.2 Å². The van der Waals surface area contributed by atoms with Gasteiger partial charge in [0.15, 0.2) is 0 Å². The lowest BCUT2D eigenvalue weighted by atomic mass is 10.0. The Hall–Kier alpha value is -2.47. The number of likely N-dealkylation sites (N-methyl/N-ethyl adjacent to an activating group) is 1. The Labute approximate surface area is 135 Å². The molecule has 3 rings (SSSR count). The Morgan fingerprint density at radius 1 is 1.35 bits per heavy atom. The quantitative estimate of drug-likeness (QED) is 0.896. The SMILES string of the molecule is CN(C)CC(=O)NCC1Cc2cccc(-c3cncnc3)c2O1. The Balaban J connectivity index is 1.68. The third-order valence-electron chi connectivity index (χ3n) is 3.69. The van der Waals surface area contributed by atoms with Crippen molar-refractivity contribution < 1.29 is 9.53 Å². The Morgan fingerprint density at radius 2 is 2.13 bits per heavy atom. The van der Waals surface area contributed by atoms with Crippen LogP contribution in [0.1, 0.15) is 5.56 Å². The van der Waals surface area contributed by atoms with Gasteiger partial charge in [-0.25, -0.2) is 9.97 Å². The van der Waals surface area contributed by atoms with Gasteiger partial charge in [0.05, 0.1) is 13.1 Å². The van der Waals surface area contributed by atoms with Crippen LogP contribution in [0, 0.1) is 0 Å². The highest BCUT2D eigenvalue weighted by molar-refractivity contribution is 5.78. The van der Waals surface area contributed by atoms with E-state index in [1.54, 1.807) is 12.4 Å². The van der Waals surface area contributed by atoms with Crippen molar-refractivity contribution in [1.29, 1.82) is 0 Å². The first-order chi connectivity index (χ1) is 11.1. The lowest BCUT2D eigenvalue weighted by Crippen LogP contribution is -2.39. The highest BCUT2D eigenvalue weighted by Gasteiger charge is 2.26. The van der Waals surface area contributed by atoms with Crippen LogP contribution in [-0.2, 0) is 11.2 Å². The molecule has 1 aliphatic rings. The van der Waals surface area contributed by atoms with Crippen LogP contribution in [0.15, 0.2) is 36.9 Å². The van der Waals surface area contributed by atoms with Crippen LogP contribution >= 0.6 is 0 Å². The summed E-state index contributed by atoms with van der Waals surface area (Å²) >= 11 is 0. The summed E-state index contributed by atoms with van der Waals surface area (Å²) in [6, 6.07) is 6.08. The third-order valence-corrected chi connectivity index (χ3v) is 3.69. The highest BCUT2D eigenvalue weighted by atomic mass is 16.5. The summed E-state index contributed by atoms with van der Waals surface area (Å²) in [6.07, 6.45) is 5.81. The number of hydrogen-bond donors (Lipinski definition) is 1. The summed E-state index contributed by atoms with van der Waals surface area (Å²) in [5.41, 5.74) is 3.07. The van der Waals surface area contributed by atoms with Gasteiger partial charge in [-0.15, -0.1) is 0 Å². The van der Waals surface area contributed by atoms with Crippen molar-refractivity contribution >= 4 is 5.91 Å². The van der Waals surface area contributed by atoms with Crippen molar-refractivity contribution in [2.75, 3.05) is 27.2 Å². The largest absolute Gasteiger partial charge is 0.487 e. The first kappa shape index (κ1) is 15.4. The average molecular weight is 312 g/mol. The molecule has 0 radical (unpaired) electrons. The number of nitrogens with zero attached hydrogens (tertiary/aromatic N) is 3. The molecular formula is C17H20N4O2. The molecule has 1 N–H and O–H groups in total. The second kappa shape index (κ2) is 6.75. The number of benzene rings is 1. The first-order valence-corrected chi connectivity index (χ1v) is 7.59. The molecule has 2 heterocycles. The van der Waals surface area contributed by atoms with Gasteiger partial charge in [0.25, 0.3) is 0 Å². The minimum Gasteiger partial charge on any atom is -0.487 e. The van der Waals surface area contributed by atoms with Gasteiger partial charge in [-0.1, -0.05) is 18.2 Å². The van der Waals surface area contributed by atoms with Crippen LogP contribution in [0.3, 0.4) is 0 Å². The molecule has 6 nitrogen and oxygen atoms in total. The summed E-state index contributed by atoms with van der Waals surface area (Å²) in [5, 5.41) is 2.92. The molecule has 1 amide bonds. The smallest absolute Gasteiger partial charge is 0.234 e. The Morgan fingerprint density at radius 3 is 2.87 bits per heavy atom. The number of nitrogens with one attached hydrogen (secondary N) is 1. The number of carbonyl (C=O) groups excluding carboxylic acids is 1. The molecule has 1 aromatic carbocycles. The van der Waals surface area contributed by atoms with E-state index in [1.165, 1.54) is 6.33 Å². The monoisotopic (exact) mass is 312 g/mol. The van der Waals surface area contributed by atoms with Crippen LogP contribution in [0.5, 0.6) is 5.75 Å². The number of ether oxygens (including phenoxy) is 1. The van der Waals surface area contributed by atoms with E-state index in [0.29, 0.717) is 13.1 Å². The highest BCUT2D eigenvalue weighted by Crippen LogP contribution is 2.38. The lowest BCUT2D eigenvalue weighted by Gasteiger charge is -2.15. The number of hydrogen-bond acceptors (Lipinski definition) is 5. The number of rotatable bonds is 5. The van der Waals surface area contributed by atoms with Gasteiger partial charge >= 0.3 is 0 Å². The molecule has 0 spiro atoms. The summed E-state index contributed by atoms with van der Waals surface area (Å²) in [6.45, 7) is 0.887. The number of amides is 1. The van der Waals surface area contributed by atoms with Crippen LogP contribution in [0.4, 0.5) is 0 Å². The molecule has 1 aliphatic heterocycles. The standard InChI is InChI=1S/C17H20N4O2/c1-21(2)10-16(22)20-9-14-6-12-4-3-5-15(17(12)23-14)13-7-18-11-19-8-13/h3-5,7-8,11,14H,6,9-10H2,1-2H3,(H,20,22). The molecule has 0 bridgehead atoms. The van der Waals surface area contributed by atoms with Crippen molar-refractivity contribution in [1.82, 2.24) is 20.2 Å². The molecule has 0 aliphatic carbocycles. The second-order valence-corrected chi connectivity index (χ2v) is 5.91. The normalized spacial score (nSPS) is 16.0. The summed E-state index contributed by atoms with van der Waals surface area (Å²) in [5.74, 6) is 0.875. The molecule has 1 aromatic heterocycles. The van der Waals surface area contributed by atoms with Gasteiger partial charge in [-0.2, -0.15) is 0 Å². The van der Waals surface area contributed by atoms with Crippen molar-refractivity contribution in [3.05, 3.63) is 42.5 Å². The van der Waals surface area contributed by atoms with E-state index >= 15 is 0 Å². The minimum absolute atomic E-state index is 0.00578. The second-order valence-electron chi connectivity index (χ2n) is 5.91. The van der Waals surface area contributed by atoms with Gasteiger partial charge in [0, 0.05) is 29.9 Å². The fourth-order valence-corrected chi connectivity index (χ4v) is 2.69. The zero-order valence-corrected chi connectivity index (χ0v) is 13.3. The maximum Gasteiger partial charge on any atom is 0.234 e. The molecule has 2 aromatic rings. The lowest BCUT2D eigenvalue weighted by molar-refractivity contribution is -0.122. The van der Waals surface area contributed by atoms with E-state index in [1.807, 2.05) is 31.1 Å². The van der Waals surface area contributed by atoms with Crippen LogP contribution in [-0.4, -0.2) is 54.1 Å². The molecule has 120 valence electrons. The van der Waals surface area contributed by atoms with Crippen molar-refractivity contribution in [2.45, 2.75) is 12.5 Å². The molecule has 6 heteroatoms. The zero-order chi connectivity index (χ0) is 16.2. The summed E-state index contributed by atoms with van der Waals surface area (Å²) in [7, 11) is 3.74. The molecular weight excluding hydrogens is 292 g/mol. The van der Waals surface area contributed by atoms with Gasteiger partial charge in [-0.3, -0.25) is 4.79 Å². The fourth-order valence-electron chi connectivity index (χ4n) is 2.69. The van der Waals surface area contributed by atoms with Gasteiger partial charge < -0.3 is 15.0 Å². The van der Waals surface area contributed by atoms with E-state index in [2.05, 4.69) is 21.4 Å². The summed E-state index contributed by atoms with van der Waals surface area (Å²) < 4.78 is 6.06. The zero-order valence-electron chi connectivity index (χ0n) is 13.3. The maximum atomic E-state index is 11.7. The van der Waals surface area contributed by atoms with Crippen LogP contribution in [0.2, 0.25) is 0 Å². The van der Waals surface area contributed by atoms with E-state index in [4.69, 9.17) is 4.74 Å². The topological polar surface area (TPSA) is 67.4 Å². The molecule has 0 fully saturated rings. The van der Waals surface area contributed by atoms with Crippen molar-refractivity contribution in [3.8, 4) is 16.9 Å². The predicted molar refractivity (Wildman–Crippen MR) is 87.2 cm³/mol. The molecule has 23 heavy (non-hydrogen) atoms. The molecule has 1 unspecified atom stereocenters. The van der Waals surface area contributed by atoms with Crippen LogP contribution in [0.25, 0.3) is 11.1 Å². The van der Waals surface area contributed by atoms with E-state index in [0.717, 1.165) is 28.9 Å². The maximum absolute atomic E-state index is 11.7. The van der Waals surface area contributed by atoms with E-state index in [9.17, 15) is 4.79 Å². The Bertz CT molecular complexity index is 688. The number of para-hydroxylation sites is 1. The van der Waals surface area contributed by atoms with Crippen LogP contribution < -0.4 is 10.1 Å². The number of fused-ring (bicyclic) bond motifs is 1. The molecule has 0 saturated heterocycles. The van der Waals surface area contributed by atoms with E-state index in [-0.39, 0.29) is 12.0 Å². The average Bonchev–Trinajstić information content (AvgIpc) is 2.96. The van der Waals surface area contributed by atoms with Gasteiger partial charge in [0.2, 0.25) is 5.91 Å². The first-order valence-electron chi connectivity index (χ1n) is 7.59. The predicted octanol–water partition coefficient (Wildman–Crippen LogP) is 1.12. The number of aromatic nitrogens is 2. The minimum atomic E-state index is -0.0399. The van der Waals surface area contributed by atoms with Crippen molar-refractivity contribution in [3.63, 3.8) is 0 Å².